The molecule has 0 aromatic heterocycles. The number of fused-ring (bicyclic) bond motifs is 5. The highest BCUT2D eigenvalue weighted by atomic mass is 32.2. The summed E-state index contributed by atoms with van der Waals surface area (Å²) in [5.74, 6) is 2.12. The molecule has 0 fully saturated rings. The zero-order valence-electron chi connectivity index (χ0n) is 17.7. The molecule has 0 saturated heterocycles. The quantitative estimate of drug-likeness (QED) is 0.486. The second-order valence-electron chi connectivity index (χ2n) is 8.17. The molecule has 0 amide bonds. The topological polar surface area (TPSA) is 57.2 Å². The lowest BCUT2D eigenvalue weighted by Crippen LogP contribution is -2.39. The molecule has 33 heavy (non-hydrogen) atoms. The van der Waals surface area contributed by atoms with E-state index in [0.717, 1.165) is 43.5 Å². The summed E-state index contributed by atoms with van der Waals surface area (Å²) in [6, 6.07) is 14.4. The Labute approximate surface area is 197 Å². The largest absolute Gasteiger partial charge is 0.492 e. The number of benzene rings is 3. The first-order chi connectivity index (χ1) is 16.1. The van der Waals surface area contributed by atoms with Crippen LogP contribution in [0.25, 0.3) is 0 Å². The van der Waals surface area contributed by atoms with Gasteiger partial charge in [0.15, 0.2) is 23.0 Å². The maximum absolute atomic E-state index is 13.5. The van der Waals surface area contributed by atoms with Crippen molar-refractivity contribution in [2.45, 2.75) is 30.3 Å². The van der Waals surface area contributed by atoms with Crippen LogP contribution in [0.5, 0.6) is 23.0 Å². The van der Waals surface area contributed by atoms with Gasteiger partial charge in [-0.2, -0.15) is 4.21 Å². The summed E-state index contributed by atoms with van der Waals surface area (Å²) >= 11 is -0.648. The summed E-state index contributed by atoms with van der Waals surface area (Å²) in [4.78, 5) is 3.11. The second kappa shape index (κ2) is 8.23. The first-order valence-corrected chi connectivity index (χ1v) is 12.3. The molecule has 9 heteroatoms. The molecular formula is C24H20FNO5S2. The number of hydrogen-bond donors (Lipinski definition) is 0. The third-order valence-corrected chi connectivity index (χ3v) is 7.65. The van der Waals surface area contributed by atoms with Crippen LogP contribution in [0.2, 0.25) is 0 Å². The minimum Gasteiger partial charge on any atom is -0.492 e. The molecule has 3 heterocycles. The molecule has 6 nitrogen and oxygen atoms in total. The number of nitrogens with zero attached hydrogens (tertiary/aromatic N) is 1. The van der Waals surface area contributed by atoms with Crippen molar-refractivity contribution >= 4 is 23.4 Å². The Bertz CT molecular complexity index is 1280. The van der Waals surface area contributed by atoms with E-state index in [2.05, 4.69) is 11.0 Å². The summed E-state index contributed by atoms with van der Waals surface area (Å²) in [5.41, 5.74) is 4.70. The van der Waals surface area contributed by atoms with E-state index in [4.69, 9.17) is 17.3 Å². The number of halogens is 1. The van der Waals surface area contributed by atoms with Crippen LogP contribution in [0, 0.1) is 5.82 Å². The van der Waals surface area contributed by atoms with Gasteiger partial charge in [-0.25, -0.2) is 4.39 Å². The third-order valence-electron chi connectivity index (χ3n) is 6.31. The van der Waals surface area contributed by atoms with Crippen molar-refractivity contribution in [2.75, 3.05) is 13.7 Å². The minimum atomic E-state index is -1.76. The Kier molecular flexibility index (Phi) is 5.20. The second-order valence-corrected chi connectivity index (χ2v) is 9.71. The lowest BCUT2D eigenvalue weighted by Gasteiger charge is -2.41. The molecule has 0 radical (unpaired) electrons. The van der Waals surface area contributed by atoms with E-state index in [0.29, 0.717) is 27.9 Å². The van der Waals surface area contributed by atoms with Crippen molar-refractivity contribution in [2.24, 2.45) is 0 Å². The van der Waals surface area contributed by atoms with Crippen LogP contribution in [0.3, 0.4) is 0 Å². The van der Waals surface area contributed by atoms with Crippen molar-refractivity contribution in [1.82, 2.24) is 4.90 Å². The van der Waals surface area contributed by atoms with Crippen LogP contribution >= 0.6 is 12.0 Å². The maximum Gasteiger partial charge on any atom is 0.417 e. The molecule has 3 aliphatic rings. The van der Waals surface area contributed by atoms with E-state index in [9.17, 15) is 8.60 Å². The average Bonchev–Trinajstić information content (AvgIpc) is 3.18. The Morgan fingerprint density at radius 3 is 2.79 bits per heavy atom. The van der Waals surface area contributed by atoms with Gasteiger partial charge in [0.1, 0.15) is 5.82 Å². The summed E-state index contributed by atoms with van der Waals surface area (Å²) in [7, 11) is 1.65. The highest BCUT2D eigenvalue weighted by Crippen LogP contribution is 2.47. The van der Waals surface area contributed by atoms with Crippen LogP contribution < -0.4 is 17.3 Å². The smallest absolute Gasteiger partial charge is 0.417 e. The van der Waals surface area contributed by atoms with E-state index in [1.54, 1.807) is 19.2 Å². The zero-order chi connectivity index (χ0) is 22.5. The summed E-state index contributed by atoms with van der Waals surface area (Å²) in [5, 5.41) is 0. The zero-order valence-corrected chi connectivity index (χ0v) is 19.3. The van der Waals surface area contributed by atoms with Gasteiger partial charge in [0, 0.05) is 24.7 Å². The van der Waals surface area contributed by atoms with E-state index in [1.165, 1.54) is 28.8 Å². The lowest BCUT2D eigenvalue weighted by molar-refractivity contribution is 0.158. The molecular weight excluding hydrogens is 465 g/mol. The number of methoxy groups -OCH3 is 1. The maximum atomic E-state index is 13.5. The van der Waals surface area contributed by atoms with Crippen LogP contribution in [-0.4, -0.2) is 22.8 Å². The number of hydrogen-bond acceptors (Lipinski definition) is 7. The predicted molar refractivity (Wildman–Crippen MR) is 122 cm³/mol. The molecule has 0 saturated carbocycles. The molecule has 6 rings (SSSR count). The Morgan fingerprint density at radius 1 is 1.12 bits per heavy atom. The van der Waals surface area contributed by atoms with Crippen LogP contribution in [0.15, 0.2) is 53.4 Å². The van der Waals surface area contributed by atoms with Gasteiger partial charge in [-0.1, -0.05) is 12.1 Å². The standard InChI is InChI=1S/C24H20FNO5S2/c1-28-24-19-13-26-8-7-15-10-22-23(31-33(27)30-22)12-18(15)20(26)9-14(19)5-6-21(24)29-32-17-4-2-3-16(25)11-17/h2-6,10-12,20H,7-9,13H2,1H3. The van der Waals surface area contributed by atoms with Crippen molar-refractivity contribution in [3.8, 4) is 23.0 Å². The summed E-state index contributed by atoms with van der Waals surface area (Å²) in [6.45, 7) is 1.62. The predicted octanol–water partition coefficient (Wildman–Crippen LogP) is 4.93. The molecule has 2 unspecified atom stereocenters. The molecule has 3 aliphatic heterocycles. The first kappa shape index (κ1) is 20.8. The first-order valence-electron chi connectivity index (χ1n) is 10.6. The molecule has 3 aromatic rings. The fourth-order valence-corrected chi connectivity index (χ4v) is 6.01. The molecule has 0 bridgehead atoms. The highest BCUT2D eigenvalue weighted by Gasteiger charge is 2.36. The summed E-state index contributed by atoms with van der Waals surface area (Å²) in [6.07, 6.45) is 1.69. The Hall–Kier alpha value is -2.75. The SMILES string of the molecule is COc1c(OSc2cccc(F)c2)ccc2c1CN1CCc3cc4c(cc3C1C2)OS(=O)O4. The Morgan fingerprint density at radius 2 is 1.97 bits per heavy atom. The van der Waals surface area contributed by atoms with Crippen LogP contribution in [0.4, 0.5) is 4.39 Å². The van der Waals surface area contributed by atoms with Crippen LogP contribution in [-0.2, 0) is 30.7 Å². The van der Waals surface area contributed by atoms with Gasteiger partial charge >= 0.3 is 11.4 Å². The number of rotatable bonds is 4. The fraction of sp³-hybridized carbons (Fsp3) is 0.250. The van der Waals surface area contributed by atoms with Gasteiger partial charge in [0.05, 0.1) is 24.0 Å². The van der Waals surface area contributed by atoms with Gasteiger partial charge in [-0.15, -0.1) is 0 Å². The normalized spacial score (nSPS) is 20.5. The molecule has 3 aromatic carbocycles. The van der Waals surface area contributed by atoms with Crippen molar-refractivity contribution in [3.63, 3.8) is 0 Å². The minimum absolute atomic E-state index is 0.197. The molecule has 0 aliphatic carbocycles. The number of ether oxygens (including phenoxy) is 1. The van der Waals surface area contributed by atoms with Crippen molar-refractivity contribution < 1.29 is 25.9 Å². The van der Waals surface area contributed by atoms with E-state index in [-0.39, 0.29) is 11.9 Å². The van der Waals surface area contributed by atoms with Gasteiger partial charge in [-0.3, -0.25) is 4.90 Å². The lowest BCUT2D eigenvalue weighted by atomic mass is 9.83. The van der Waals surface area contributed by atoms with Crippen LogP contribution in [0.1, 0.15) is 28.3 Å². The van der Waals surface area contributed by atoms with Gasteiger partial charge in [0.2, 0.25) is 0 Å². The molecule has 0 spiro atoms. The van der Waals surface area contributed by atoms with E-state index < -0.39 is 11.4 Å². The van der Waals surface area contributed by atoms with E-state index >= 15 is 0 Å². The van der Waals surface area contributed by atoms with Gasteiger partial charge in [0.25, 0.3) is 0 Å². The van der Waals surface area contributed by atoms with E-state index in [1.807, 2.05) is 18.2 Å². The third kappa shape index (κ3) is 3.74. The van der Waals surface area contributed by atoms with Gasteiger partial charge < -0.3 is 17.3 Å². The fourth-order valence-electron chi connectivity index (χ4n) is 4.81. The average molecular weight is 486 g/mol. The molecule has 170 valence electrons. The molecule has 2 atom stereocenters. The summed E-state index contributed by atoms with van der Waals surface area (Å²) < 4.78 is 47.4. The van der Waals surface area contributed by atoms with Crippen molar-refractivity contribution in [1.29, 1.82) is 0 Å². The highest BCUT2D eigenvalue weighted by molar-refractivity contribution is 7.95. The molecule has 0 N–H and O–H groups in total. The monoisotopic (exact) mass is 485 g/mol. The Balaban J connectivity index is 1.29. The van der Waals surface area contributed by atoms with Crippen molar-refractivity contribution in [3.05, 3.63) is 76.6 Å². The van der Waals surface area contributed by atoms with Gasteiger partial charge in [-0.05, 0) is 65.9 Å².